The molecule has 0 aliphatic carbocycles. The fraction of sp³-hybridized carbons (Fsp3) is 0.222. The molecule has 1 unspecified atom stereocenters. The molecule has 5 rings (SSSR count). The van der Waals surface area contributed by atoms with Gasteiger partial charge in [-0.2, -0.15) is 0 Å². The van der Waals surface area contributed by atoms with Crippen LogP contribution in [0.2, 0.25) is 5.02 Å². The Labute approximate surface area is 207 Å². The summed E-state index contributed by atoms with van der Waals surface area (Å²) in [5.74, 6) is 1.66. The number of para-hydroxylation sites is 2. The molecule has 0 spiro atoms. The lowest BCUT2D eigenvalue weighted by Crippen LogP contribution is -2.25. The first kappa shape index (κ1) is 22.9. The minimum atomic E-state index is -0.191. The molecule has 1 aliphatic heterocycles. The van der Waals surface area contributed by atoms with Gasteiger partial charge in [0.05, 0.1) is 37.5 Å². The fourth-order valence-electron chi connectivity index (χ4n) is 4.56. The number of imidazole rings is 1. The predicted octanol–water partition coefficient (Wildman–Crippen LogP) is 5.11. The normalized spacial score (nSPS) is 15.6. The van der Waals surface area contributed by atoms with Crippen LogP contribution in [0.3, 0.4) is 0 Å². The first-order valence-electron chi connectivity index (χ1n) is 11.2. The lowest BCUT2D eigenvalue weighted by molar-refractivity contribution is -0.117. The number of halogens is 1. The molecule has 1 amide bonds. The van der Waals surface area contributed by atoms with Gasteiger partial charge in [0.2, 0.25) is 5.91 Å². The number of aromatic nitrogens is 2. The van der Waals surface area contributed by atoms with Crippen LogP contribution in [0.5, 0.6) is 11.5 Å². The number of nitrogens with zero attached hydrogens (tertiary/aromatic N) is 3. The summed E-state index contributed by atoms with van der Waals surface area (Å²) >= 11 is 5.99. The number of amides is 1. The van der Waals surface area contributed by atoms with Crippen molar-refractivity contribution in [2.75, 3.05) is 25.7 Å². The highest BCUT2D eigenvalue weighted by atomic mass is 35.5. The van der Waals surface area contributed by atoms with E-state index in [2.05, 4.69) is 0 Å². The highest BCUT2D eigenvalue weighted by Crippen LogP contribution is 2.39. The van der Waals surface area contributed by atoms with Gasteiger partial charge >= 0.3 is 0 Å². The molecule has 1 saturated heterocycles. The number of ether oxygens (including phenoxy) is 2. The molecule has 0 bridgehead atoms. The van der Waals surface area contributed by atoms with E-state index >= 15 is 0 Å². The van der Waals surface area contributed by atoms with E-state index in [4.69, 9.17) is 26.1 Å². The van der Waals surface area contributed by atoms with E-state index in [0.717, 1.165) is 11.0 Å². The Morgan fingerprint density at radius 2 is 1.83 bits per heavy atom. The van der Waals surface area contributed by atoms with Crippen LogP contribution < -0.4 is 14.4 Å². The van der Waals surface area contributed by atoms with Crippen molar-refractivity contribution in [3.8, 4) is 11.5 Å². The number of methoxy groups -OCH3 is 2. The summed E-state index contributed by atoms with van der Waals surface area (Å²) < 4.78 is 12.8. The van der Waals surface area contributed by atoms with Crippen molar-refractivity contribution in [3.05, 3.63) is 83.1 Å². The maximum Gasteiger partial charge on any atom is 0.227 e. The number of fused-ring (bicyclic) bond motifs is 1. The average Bonchev–Trinajstić information content (AvgIpc) is 3.44. The van der Waals surface area contributed by atoms with E-state index < -0.39 is 0 Å². The summed E-state index contributed by atoms with van der Waals surface area (Å²) in [7, 11) is 3.16. The topological polar surface area (TPSA) is 73.7 Å². The minimum absolute atomic E-state index is 0.0378. The van der Waals surface area contributed by atoms with E-state index in [1.807, 2.05) is 28.8 Å². The molecule has 1 fully saturated rings. The van der Waals surface area contributed by atoms with Crippen molar-refractivity contribution in [1.29, 1.82) is 0 Å². The second kappa shape index (κ2) is 9.43. The zero-order valence-corrected chi connectivity index (χ0v) is 20.2. The van der Waals surface area contributed by atoms with Crippen LogP contribution in [-0.2, 0) is 11.3 Å². The summed E-state index contributed by atoms with van der Waals surface area (Å²) in [6.45, 7) is 0.533. The van der Waals surface area contributed by atoms with Gasteiger partial charge < -0.3 is 18.9 Å². The minimum Gasteiger partial charge on any atom is -0.497 e. The molecule has 2 heterocycles. The lowest BCUT2D eigenvalue weighted by atomic mass is 10.1. The SMILES string of the molecule is COc1ccc(OC)c(N2CC(c3nc4ccccc4n3CC(=O)c3ccc(Cl)cc3)CC2=O)c1. The summed E-state index contributed by atoms with van der Waals surface area (Å²) in [4.78, 5) is 32.8. The molecule has 1 aliphatic rings. The monoisotopic (exact) mass is 489 g/mol. The molecule has 0 saturated carbocycles. The van der Waals surface area contributed by atoms with Gasteiger partial charge in [0.15, 0.2) is 5.78 Å². The van der Waals surface area contributed by atoms with Crippen LogP contribution >= 0.6 is 11.6 Å². The van der Waals surface area contributed by atoms with Crippen molar-refractivity contribution in [2.45, 2.75) is 18.9 Å². The molecule has 0 N–H and O–H groups in total. The van der Waals surface area contributed by atoms with Gasteiger partial charge in [-0.1, -0.05) is 23.7 Å². The van der Waals surface area contributed by atoms with E-state index in [0.29, 0.717) is 40.1 Å². The number of ketones is 1. The van der Waals surface area contributed by atoms with E-state index in [1.165, 1.54) is 0 Å². The predicted molar refractivity (Wildman–Crippen MR) is 135 cm³/mol. The molecule has 178 valence electrons. The molecule has 7 nitrogen and oxygen atoms in total. The average molecular weight is 490 g/mol. The van der Waals surface area contributed by atoms with Crippen LogP contribution in [0.25, 0.3) is 11.0 Å². The summed E-state index contributed by atoms with van der Waals surface area (Å²) in [5.41, 5.74) is 2.87. The smallest absolute Gasteiger partial charge is 0.227 e. The van der Waals surface area contributed by atoms with Gasteiger partial charge in [-0.3, -0.25) is 9.59 Å². The first-order chi connectivity index (χ1) is 17.0. The third-order valence-electron chi connectivity index (χ3n) is 6.32. The van der Waals surface area contributed by atoms with Gasteiger partial charge in [-0.15, -0.1) is 0 Å². The van der Waals surface area contributed by atoms with Crippen molar-refractivity contribution < 1.29 is 19.1 Å². The number of carbonyl (C=O) groups excluding carboxylic acids is 2. The van der Waals surface area contributed by atoms with Crippen LogP contribution in [0.1, 0.15) is 28.5 Å². The number of carbonyl (C=O) groups is 2. The van der Waals surface area contributed by atoms with Crippen LogP contribution in [0, 0.1) is 0 Å². The molecule has 1 atom stereocenters. The Morgan fingerprint density at radius 1 is 1.06 bits per heavy atom. The summed E-state index contributed by atoms with van der Waals surface area (Å²) in [6.07, 6.45) is 0.277. The lowest BCUT2D eigenvalue weighted by Gasteiger charge is -2.20. The molecule has 0 radical (unpaired) electrons. The molecular weight excluding hydrogens is 466 g/mol. The number of rotatable bonds is 7. The van der Waals surface area contributed by atoms with E-state index in [9.17, 15) is 9.59 Å². The van der Waals surface area contributed by atoms with Crippen LogP contribution in [0.4, 0.5) is 5.69 Å². The highest BCUT2D eigenvalue weighted by Gasteiger charge is 2.36. The van der Waals surface area contributed by atoms with Crippen molar-refractivity contribution in [2.24, 2.45) is 0 Å². The number of hydrogen-bond acceptors (Lipinski definition) is 5. The first-order valence-corrected chi connectivity index (χ1v) is 11.6. The molecule has 3 aromatic carbocycles. The molecular formula is C27H24ClN3O4. The number of Topliss-reactive ketones (excluding diaryl/α,β-unsaturated/α-hetero) is 1. The van der Waals surface area contributed by atoms with Crippen LogP contribution in [-0.4, -0.2) is 42.0 Å². The van der Waals surface area contributed by atoms with Crippen molar-refractivity contribution >= 4 is 40.0 Å². The Kier molecular flexibility index (Phi) is 6.17. The number of anilines is 1. The number of benzene rings is 3. The highest BCUT2D eigenvalue weighted by molar-refractivity contribution is 6.30. The maximum absolute atomic E-state index is 13.1. The Balaban J connectivity index is 1.50. The zero-order valence-electron chi connectivity index (χ0n) is 19.4. The van der Waals surface area contributed by atoms with E-state index in [1.54, 1.807) is 61.6 Å². The zero-order chi connectivity index (χ0) is 24.5. The van der Waals surface area contributed by atoms with Gasteiger partial charge in [0.25, 0.3) is 0 Å². The van der Waals surface area contributed by atoms with Gasteiger partial charge in [0.1, 0.15) is 17.3 Å². The number of hydrogen-bond donors (Lipinski definition) is 0. The molecule has 1 aromatic heterocycles. The van der Waals surface area contributed by atoms with Crippen molar-refractivity contribution in [3.63, 3.8) is 0 Å². The fourth-order valence-corrected chi connectivity index (χ4v) is 4.69. The Hall–Kier alpha value is -3.84. The summed E-state index contributed by atoms with van der Waals surface area (Å²) in [5, 5.41) is 0.577. The molecule has 35 heavy (non-hydrogen) atoms. The largest absolute Gasteiger partial charge is 0.497 e. The molecule has 8 heteroatoms. The Morgan fingerprint density at radius 3 is 2.57 bits per heavy atom. The third kappa shape index (κ3) is 4.35. The van der Waals surface area contributed by atoms with E-state index in [-0.39, 0.29) is 30.6 Å². The third-order valence-corrected chi connectivity index (χ3v) is 6.57. The van der Waals surface area contributed by atoms with Crippen molar-refractivity contribution in [1.82, 2.24) is 9.55 Å². The standard InChI is InChI=1S/C27H24ClN3O4/c1-34-20-11-12-25(35-2)23(14-20)30-15-18(13-26(30)33)27-29-21-5-3-4-6-22(21)31(27)16-24(32)17-7-9-19(28)10-8-17/h3-12,14,18H,13,15-16H2,1-2H3. The molecule has 4 aromatic rings. The summed E-state index contributed by atoms with van der Waals surface area (Å²) in [6, 6.07) is 19.9. The van der Waals surface area contributed by atoms with Gasteiger partial charge in [-0.05, 0) is 48.5 Å². The second-order valence-electron chi connectivity index (χ2n) is 8.42. The van der Waals surface area contributed by atoms with Gasteiger partial charge in [0, 0.05) is 35.5 Å². The maximum atomic E-state index is 13.1. The van der Waals surface area contributed by atoms with Gasteiger partial charge in [-0.25, -0.2) is 4.98 Å². The Bertz CT molecular complexity index is 1410. The second-order valence-corrected chi connectivity index (χ2v) is 8.85. The van der Waals surface area contributed by atoms with Crippen LogP contribution in [0.15, 0.2) is 66.7 Å². The quantitative estimate of drug-likeness (QED) is 0.337.